The van der Waals surface area contributed by atoms with Crippen LogP contribution >= 0.6 is 0 Å². The average Bonchev–Trinajstić information content (AvgIpc) is 2.83. The van der Waals surface area contributed by atoms with Crippen LogP contribution in [0, 0.1) is 5.92 Å². The molecule has 1 aromatic rings. The predicted molar refractivity (Wildman–Crippen MR) is 85.9 cm³/mol. The van der Waals surface area contributed by atoms with E-state index in [1.165, 1.54) is 12.1 Å². The monoisotopic (exact) mass is 339 g/mol. The zero-order valence-electron chi connectivity index (χ0n) is 13.2. The molecule has 1 aromatic heterocycles. The summed E-state index contributed by atoms with van der Waals surface area (Å²) in [5.74, 6) is -0.451. The van der Waals surface area contributed by atoms with Gasteiger partial charge in [-0.1, -0.05) is 19.9 Å². The van der Waals surface area contributed by atoms with Gasteiger partial charge in [0.15, 0.2) is 9.84 Å². The summed E-state index contributed by atoms with van der Waals surface area (Å²) in [6.07, 6.45) is 0.405. The number of pyridine rings is 1. The van der Waals surface area contributed by atoms with Crippen LogP contribution in [-0.2, 0) is 9.84 Å². The van der Waals surface area contributed by atoms with Crippen molar-refractivity contribution in [1.82, 2.24) is 15.6 Å². The third kappa shape index (κ3) is 5.02. The van der Waals surface area contributed by atoms with Crippen molar-refractivity contribution < 1.29 is 18.0 Å². The average molecular weight is 339 g/mol. The quantitative estimate of drug-likeness (QED) is 0.807. The topological polar surface area (TPSA) is 105 Å². The van der Waals surface area contributed by atoms with Gasteiger partial charge in [0.2, 0.25) is 0 Å². The molecule has 0 aromatic carbocycles. The Labute approximate surface area is 135 Å². The van der Waals surface area contributed by atoms with Crippen molar-refractivity contribution in [3.8, 4) is 0 Å². The molecule has 2 heterocycles. The summed E-state index contributed by atoms with van der Waals surface area (Å²) in [4.78, 5) is 28.2. The van der Waals surface area contributed by atoms with Crippen molar-refractivity contribution in [3.63, 3.8) is 0 Å². The highest BCUT2D eigenvalue weighted by Gasteiger charge is 2.29. The number of rotatable bonds is 5. The Hall–Kier alpha value is -1.96. The van der Waals surface area contributed by atoms with Gasteiger partial charge in [0.1, 0.15) is 11.4 Å². The van der Waals surface area contributed by atoms with Crippen molar-refractivity contribution in [2.75, 3.05) is 18.1 Å². The van der Waals surface area contributed by atoms with E-state index in [9.17, 15) is 18.0 Å². The first-order valence-corrected chi connectivity index (χ1v) is 9.35. The third-order valence-electron chi connectivity index (χ3n) is 3.45. The zero-order valence-corrected chi connectivity index (χ0v) is 14.0. The van der Waals surface area contributed by atoms with Crippen LogP contribution in [0.3, 0.4) is 0 Å². The number of sulfone groups is 1. The molecular weight excluding hydrogens is 318 g/mol. The molecular formula is C15H21N3O4S. The fourth-order valence-corrected chi connectivity index (χ4v) is 3.92. The van der Waals surface area contributed by atoms with Crippen LogP contribution in [0.5, 0.6) is 0 Å². The van der Waals surface area contributed by atoms with E-state index in [0.717, 1.165) is 0 Å². The maximum absolute atomic E-state index is 12.2. The Morgan fingerprint density at radius 1 is 1.26 bits per heavy atom. The highest BCUT2D eigenvalue weighted by molar-refractivity contribution is 7.91. The Morgan fingerprint density at radius 3 is 2.48 bits per heavy atom. The largest absolute Gasteiger partial charge is 0.350 e. The van der Waals surface area contributed by atoms with Crippen molar-refractivity contribution >= 4 is 21.7 Å². The molecule has 0 aliphatic carbocycles. The van der Waals surface area contributed by atoms with Crippen molar-refractivity contribution in [3.05, 3.63) is 29.6 Å². The molecule has 2 rings (SSSR count). The SMILES string of the molecule is CC(C)CNC(=O)c1cccc(C(=O)NC2CCS(=O)(=O)C2)n1. The second-order valence-corrected chi connectivity index (χ2v) is 8.31. The molecule has 0 saturated carbocycles. The highest BCUT2D eigenvalue weighted by atomic mass is 32.2. The number of nitrogens with one attached hydrogen (secondary N) is 2. The molecule has 1 unspecified atom stereocenters. The molecule has 1 saturated heterocycles. The summed E-state index contributed by atoms with van der Waals surface area (Å²) in [6, 6.07) is 4.22. The van der Waals surface area contributed by atoms with Gasteiger partial charge in [-0.15, -0.1) is 0 Å². The van der Waals surface area contributed by atoms with Gasteiger partial charge in [-0.25, -0.2) is 13.4 Å². The van der Waals surface area contributed by atoms with Gasteiger partial charge < -0.3 is 10.6 Å². The van der Waals surface area contributed by atoms with Crippen molar-refractivity contribution in [2.45, 2.75) is 26.3 Å². The molecule has 0 radical (unpaired) electrons. The van der Waals surface area contributed by atoms with Crippen LogP contribution < -0.4 is 10.6 Å². The van der Waals surface area contributed by atoms with E-state index < -0.39 is 21.8 Å². The predicted octanol–water partition coefficient (Wildman–Crippen LogP) is 0.384. The summed E-state index contributed by atoms with van der Waals surface area (Å²) in [6.45, 7) is 4.48. The van der Waals surface area contributed by atoms with Crippen molar-refractivity contribution in [2.24, 2.45) is 5.92 Å². The first-order chi connectivity index (χ1) is 10.8. The lowest BCUT2D eigenvalue weighted by atomic mass is 10.2. The Balaban J connectivity index is 2.01. The Kier molecular flexibility index (Phi) is 5.35. The fraction of sp³-hybridized carbons (Fsp3) is 0.533. The Morgan fingerprint density at radius 2 is 1.91 bits per heavy atom. The minimum absolute atomic E-state index is 0.0483. The molecule has 2 N–H and O–H groups in total. The fourth-order valence-electron chi connectivity index (χ4n) is 2.24. The number of hydrogen-bond acceptors (Lipinski definition) is 5. The maximum atomic E-state index is 12.2. The number of aromatic nitrogens is 1. The maximum Gasteiger partial charge on any atom is 0.270 e. The van der Waals surface area contributed by atoms with E-state index in [4.69, 9.17) is 0 Å². The van der Waals surface area contributed by atoms with Gasteiger partial charge in [-0.3, -0.25) is 9.59 Å². The third-order valence-corrected chi connectivity index (χ3v) is 5.22. The molecule has 8 heteroatoms. The molecule has 23 heavy (non-hydrogen) atoms. The zero-order chi connectivity index (χ0) is 17.0. The number of carbonyl (C=O) groups excluding carboxylic acids is 2. The molecule has 1 atom stereocenters. The lowest BCUT2D eigenvalue weighted by molar-refractivity contribution is 0.0934. The molecule has 7 nitrogen and oxygen atoms in total. The van der Waals surface area contributed by atoms with Gasteiger partial charge >= 0.3 is 0 Å². The van der Waals surface area contributed by atoms with E-state index >= 15 is 0 Å². The lowest BCUT2D eigenvalue weighted by Gasteiger charge is -2.11. The first-order valence-electron chi connectivity index (χ1n) is 7.53. The van der Waals surface area contributed by atoms with Crippen LogP contribution in [0.4, 0.5) is 0 Å². The summed E-state index contributed by atoms with van der Waals surface area (Å²) >= 11 is 0. The van der Waals surface area contributed by atoms with Crippen LogP contribution in [0.2, 0.25) is 0 Å². The number of amides is 2. The van der Waals surface area contributed by atoms with E-state index in [-0.39, 0.29) is 28.8 Å². The summed E-state index contributed by atoms with van der Waals surface area (Å²) in [7, 11) is -3.06. The first kappa shape index (κ1) is 17.4. The molecule has 0 bridgehead atoms. The number of carbonyl (C=O) groups is 2. The minimum atomic E-state index is -3.06. The second kappa shape index (κ2) is 7.08. The minimum Gasteiger partial charge on any atom is -0.350 e. The normalized spacial score (nSPS) is 19.5. The molecule has 1 aliphatic rings. The summed E-state index contributed by atoms with van der Waals surface area (Å²) in [5.41, 5.74) is 0.267. The number of nitrogens with zero attached hydrogens (tertiary/aromatic N) is 1. The molecule has 2 amide bonds. The standard InChI is InChI=1S/C15H21N3O4S/c1-10(2)8-16-14(19)12-4-3-5-13(18-12)15(20)17-11-6-7-23(21,22)9-11/h3-5,10-11H,6-9H2,1-2H3,(H,16,19)(H,17,20). The van der Waals surface area contributed by atoms with E-state index in [1.54, 1.807) is 6.07 Å². The van der Waals surface area contributed by atoms with Crippen LogP contribution in [-0.4, -0.2) is 49.3 Å². The highest BCUT2D eigenvalue weighted by Crippen LogP contribution is 2.12. The van der Waals surface area contributed by atoms with Gasteiger partial charge in [0.25, 0.3) is 11.8 Å². The van der Waals surface area contributed by atoms with Gasteiger partial charge in [-0.2, -0.15) is 0 Å². The summed E-state index contributed by atoms with van der Waals surface area (Å²) in [5, 5.41) is 5.39. The lowest BCUT2D eigenvalue weighted by Crippen LogP contribution is -2.36. The van der Waals surface area contributed by atoms with Crippen molar-refractivity contribution in [1.29, 1.82) is 0 Å². The molecule has 0 spiro atoms. The summed E-state index contributed by atoms with van der Waals surface area (Å²) < 4.78 is 22.8. The van der Waals surface area contributed by atoms with Crippen LogP contribution in [0.15, 0.2) is 18.2 Å². The number of hydrogen-bond donors (Lipinski definition) is 2. The van der Waals surface area contributed by atoms with Gasteiger partial charge in [0, 0.05) is 12.6 Å². The molecule has 1 aliphatic heterocycles. The van der Waals surface area contributed by atoms with Gasteiger partial charge in [0.05, 0.1) is 11.5 Å². The van der Waals surface area contributed by atoms with Crippen LogP contribution in [0.25, 0.3) is 0 Å². The second-order valence-electron chi connectivity index (χ2n) is 6.09. The molecule has 1 fully saturated rings. The van der Waals surface area contributed by atoms with E-state index in [1.807, 2.05) is 13.8 Å². The smallest absolute Gasteiger partial charge is 0.270 e. The van der Waals surface area contributed by atoms with E-state index in [0.29, 0.717) is 18.9 Å². The van der Waals surface area contributed by atoms with Gasteiger partial charge in [-0.05, 0) is 24.5 Å². The Bertz CT molecular complexity index is 700. The van der Waals surface area contributed by atoms with E-state index in [2.05, 4.69) is 15.6 Å². The molecule has 126 valence electrons. The van der Waals surface area contributed by atoms with Crippen LogP contribution in [0.1, 0.15) is 41.2 Å².